The Bertz CT molecular complexity index is 1750. The molecular formula is C46H66N6O8. The van der Waals surface area contributed by atoms with E-state index in [0.717, 1.165) is 36.5 Å². The Morgan fingerprint density at radius 2 is 1.18 bits per heavy atom. The number of aryl methyl sites for hydroxylation is 1. The molecule has 0 heterocycles. The van der Waals surface area contributed by atoms with Crippen LogP contribution in [0.4, 0.5) is 34.1 Å². The summed E-state index contributed by atoms with van der Waals surface area (Å²) in [6, 6.07) is 16.0. The van der Waals surface area contributed by atoms with Crippen LogP contribution in [0.25, 0.3) is 0 Å². The minimum atomic E-state index is -0.564. The van der Waals surface area contributed by atoms with Crippen LogP contribution in [0.1, 0.15) is 96.5 Å². The number of hydrazine groups is 1. The third kappa shape index (κ3) is 18.3. The molecule has 0 atom stereocenters. The van der Waals surface area contributed by atoms with Crippen LogP contribution in [-0.2, 0) is 19.1 Å². The lowest BCUT2D eigenvalue weighted by atomic mass is 10.1. The number of carbonyl (C=O) groups is 2. The molecule has 0 saturated carbocycles. The lowest BCUT2D eigenvalue weighted by Gasteiger charge is -2.26. The van der Waals surface area contributed by atoms with Crippen molar-refractivity contribution < 1.29 is 33.5 Å². The number of rotatable bonds is 33. The molecule has 0 spiro atoms. The van der Waals surface area contributed by atoms with Gasteiger partial charge in [-0.1, -0.05) is 91.2 Å². The van der Waals surface area contributed by atoms with Crippen molar-refractivity contribution >= 4 is 46.1 Å². The third-order valence-corrected chi connectivity index (χ3v) is 9.71. The molecule has 14 heteroatoms. The first kappa shape index (κ1) is 48.4. The van der Waals surface area contributed by atoms with Crippen molar-refractivity contribution in [2.45, 2.75) is 97.8 Å². The first-order valence-corrected chi connectivity index (χ1v) is 21.3. The summed E-state index contributed by atoms with van der Waals surface area (Å²) >= 11 is 0. The maximum absolute atomic E-state index is 11.7. The Balaban J connectivity index is 1.83. The van der Waals surface area contributed by atoms with Gasteiger partial charge < -0.3 is 39.9 Å². The monoisotopic (exact) mass is 830 g/mol. The number of non-ortho nitro benzene ring substituents is 1. The van der Waals surface area contributed by atoms with Gasteiger partial charge in [0.05, 0.1) is 28.7 Å². The highest BCUT2D eigenvalue weighted by molar-refractivity contribution is 5.81. The number of hydrogen-bond donors (Lipinski definition) is 4. The minimum Gasteiger partial charge on any atom is -0.488 e. The van der Waals surface area contributed by atoms with Gasteiger partial charge in [0.25, 0.3) is 5.69 Å². The van der Waals surface area contributed by atoms with E-state index >= 15 is 0 Å². The number of carbonyl (C=O) groups excluding carboxylic acids is 2. The van der Waals surface area contributed by atoms with Crippen molar-refractivity contribution in [3.05, 3.63) is 95.6 Å². The van der Waals surface area contributed by atoms with Gasteiger partial charge in [-0.2, -0.15) is 0 Å². The van der Waals surface area contributed by atoms with Gasteiger partial charge in [-0.25, -0.2) is 9.59 Å². The first-order chi connectivity index (χ1) is 29.2. The van der Waals surface area contributed by atoms with E-state index in [-0.39, 0.29) is 38.8 Å². The van der Waals surface area contributed by atoms with Gasteiger partial charge in [0, 0.05) is 60.9 Å². The average Bonchev–Trinajstić information content (AvgIpc) is 3.25. The zero-order valence-corrected chi connectivity index (χ0v) is 35.9. The molecule has 3 aromatic rings. The summed E-state index contributed by atoms with van der Waals surface area (Å²) in [7, 11) is 0. The maximum atomic E-state index is 11.7. The molecule has 0 saturated heterocycles. The summed E-state index contributed by atoms with van der Waals surface area (Å²) in [6.07, 6.45) is 17.3. The summed E-state index contributed by atoms with van der Waals surface area (Å²) in [5, 5.41) is 17.6. The molecule has 0 aliphatic carbocycles. The van der Waals surface area contributed by atoms with Gasteiger partial charge in [-0.15, -0.1) is 0 Å². The van der Waals surface area contributed by atoms with E-state index in [1.54, 1.807) is 24.3 Å². The molecule has 0 radical (unpaired) electrons. The summed E-state index contributed by atoms with van der Waals surface area (Å²) in [4.78, 5) is 36.5. The normalized spacial score (nSPS) is 10.6. The van der Waals surface area contributed by atoms with Crippen molar-refractivity contribution in [1.82, 2.24) is 0 Å². The van der Waals surface area contributed by atoms with Crippen LogP contribution in [0.2, 0.25) is 0 Å². The molecule has 60 heavy (non-hydrogen) atoms. The van der Waals surface area contributed by atoms with Crippen molar-refractivity contribution in [2.24, 2.45) is 0 Å². The fourth-order valence-electron chi connectivity index (χ4n) is 6.34. The average molecular weight is 831 g/mol. The summed E-state index contributed by atoms with van der Waals surface area (Å²) < 4.78 is 22.5. The summed E-state index contributed by atoms with van der Waals surface area (Å²) in [5.41, 5.74) is 11.5. The molecule has 0 amide bonds. The Morgan fingerprint density at radius 3 is 1.72 bits per heavy atom. The van der Waals surface area contributed by atoms with Gasteiger partial charge in [0.1, 0.15) is 37.9 Å². The largest absolute Gasteiger partial charge is 0.488 e. The summed E-state index contributed by atoms with van der Waals surface area (Å²) in [5.74, 6) is -0.294. The predicted octanol–water partition coefficient (Wildman–Crippen LogP) is 10.6. The topological polar surface area (TPSA) is 166 Å². The molecule has 328 valence electrons. The van der Waals surface area contributed by atoms with Crippen LogP contribution in [0.3, 0.4) is 0 Å². The zero-order valence-electron chi connectivity index (χ0n) is 35.9. The van der Waals surface area contributed by atoms with Crippen LogP contribution in [0.5, 0.6) is 11.5 Å². The maximum Gasteiger partial charge on any atom is 0.330 e. The van der Waals surface area contributed by atoms with Gasteiger partial charge in [-0.05, 0) is 55.7 Å². The van der Waals surface area contributed by atoms with E-state index in [0.29, 0.717) is 28.6 Å². The van der Waals surface area contributed by atoms with Gasteiger partial charge in [0.15, 0.2) is 0 Å². The first-order valence-electron chi connectivity index (χ1n) is 21.3. The molecule has 3 aromatic carbocycles. The molecule has 3 rings (SSSR count). The third-order valence-electron chi connectivity index (χ3n) is 9.71. The fraction of sp³-hybridized carbons (Fsp3) is 0.478. The molecule has 0 aliphatic heterocycles. The number of esters is 2. The highest BCUT2D eigenvalue weighted by Gasteiger charge is 2.15. The molecule has 0 aromatic heterocycles. The number of anilines is 5. The number of hydrogen-bond acceptors (Lipinski definition) is 13. The van der Waals surface area contributed by atoms with Crippen LogP contribution < -0.4 is 35.9 Å². The lowest BCUT2D eigenvalue weighted by molar-refractivity contribution is -0.384. The van der Waals surface area contributed by atoms with E-state index in [1.807, 2.05) is 0 Å². The molecule has 0 unspecified atom stereocenters. The second-order valence-corrected chi connectivity index (χ2v) is 14.4. The molecule has 4 N–H and O–H groups in total. The number of ether oxygens (including phenoxy) is 4. The van der Waals surface area contributed by atoms with E-state index < -0.39 is 16.9 Å². The number of nitro groups is 1. The van der Waals surface area contributed by atoms with Crippen LogP contribution >= 0.6 is 0 Å². The fourth-order valence-corrected chi connectivity index (χ4v) is 6.34. The van der Waals surface area contributed by atoms with Crippen LogP contribution in [-0.4, -0.2) is 63.0 Å². The van der Waals surface area contributed by atoms with Crippen LogP contribution in [0, 0.1) is 17.0 Å². The van der Waals surface area contributed by atoms with Gasteiger partial charge >= 0.3 is 11.9 Å². The van der Waals surface area contributed by atoms with Gasteiger partial charge in [-0.3, -0.25) is 15.5 Å². The Morgan fingerprint density at radius 1 is 0.667 bits per heavy atom. The highest BCUT2D eigenvalue weighted by Crippen LogP contribution is 2.37. The number of nitro benzene ring substituents is 1. The zero-order chi connectivity index (χ0) is 43.4. The molecule has 0 fully saturated rings. The Labute approximate surface area is 356 Å². The number of unbranched alkanes of at least 4 members (excludes halogenated alkanes) is 10. The van der Waals surface area contributed by atoms with E-state index in [4.69, 9.17) is 18.9 Å². The predicted molar refractivity (Wildman–Crippen MR) is 242 cm³/mol. The minimum absolute atomic E-state index is 0.0103. The molecule has 14 nitrogen and oxygen atoms in total. The van der Waals surface area contributed by atoms with Crippen molar-refractivity contribution in [3.63, 3.8) is 0 Å². The van der Waals surface area contributed by atoms with E-state index in [9.17, 15) is 19.7 Å². The second-order valence-electron chi connectivity index (χ2n) is 14.4. The highest BCUT2D eigenvalue weighted by atomic mass is 16.6. The Hall–Kier alpha value is -5.92. The van der Waals surface area contributed by atoms with Gasteiger partial charge in [0.2, 0.25) is 0 Å². The van der Waals surface area contributed by atoms with Crippen molar-refractivity contribution in [3.8, 4) is 11.5 Å². The van der Waals surface area contributed by atoms with Crippen LogP contribution in [0.15, 0.2) is 79.9 Å². The number of nitrogens with zero attached hydrogens (tertiary/aromatic N) is 2. The molecule has 0 aliphatic rings. The quantitative estimate of drug-likeness (QED) is 0.0115. The number of benzene rings is 3. The second kappa shape index (κ2) is 28.5. The smallest absolute Gasteiger partial charge is 0.330 e. The van der Waals surface area contributed by atoms with E-state index in [2.05, 4.69) is 78.5 Å². The number of nitrogens with one attached hydrogen (secondary N) is 4. The van der Waals surface area contributed by atoms with Crippen molar-refractivity contribution in [1.29, 1.82) is 0 Å². The standard InChI is InChI=1S/C46H66N6O8/c1-6-10-12-14-16-18-26-51(27-19-17-15-13-11-7-2)39-24-25-40(36(5)32-39)49-50-42-34-43(57-28-30-59-45(53)8-3)41(33-44(42)58-29-31-60-46(54)9-4)48-35-47-37-20-22-38(23-21-37)52(55)56/h8-9,20-25,32-34,47-50H,3-4,6-7,10-19,26-31,35H2,1-2,5H3. The summed E-state index contributed by atoms with van der Waals surface area (Å²) in [6.45, 7) is 15.8. The lowest BCUT2D eigenvalue weighted by Crippen LogP contribution is -2.26. The van der Waals surface area contributed by atoms with E-state index in [1.165, 1.54) is 94.9 Å². The Kier molecular flexibility index (Phi) is 23.0. The SMILES string of the molecule is C=CC(=O)OCCOc1cc(NNc2ccc(N(CCCCCCCC)CCCCCCCC)cc2C)c(OCCOC(=O)C=C)cc1NCNc1ccc([N+](=O)[O-])cc1. The van der Waals surface area contributed by atoms with Crippen molar-refractivity contribution in [2.75, 3.05) is 72.6 Å². The molecule has 0 bridgehead atoms. The molecular weight excluding hydrogens is 765 g/mol.